The van der Waals surface area contributed by atoms with E-state index in [1.54, 1.807) is 12.5 Å². The molecular weight excluding hydrogens is 364 g/mol. The molecule has 1 amide bonds. The molecule has 3 aromatic rings. The second-order valence-corrected chi connectivity index (χ2v) is 7.60. The first-order chi connectivity index (χ1) is 14.0. The lowest BCUT2D eigenvalue weighted by molar-refractivity contribution is -0.120. The van der Waals surface area contributed by atoms with Gasteiger partial charge in [0.15, 0.2) is 0 Å². The highest BCUT2D eigenvalue weighted by Crippen LogP contribution is 2.26. The maximum atomic E-state index is 12.8. The zero-order chi connectivity index (χ0) is 20.4. The largest absolute Gasteiger partial charge is 0.356 e. The fourth-order valence-corrected chi connectivity index (χ4v) is 3.87. The van der Waals surface area contributed by atoms with Crippen LogP contribution in [-0.4, -0.2) is 38.5 Å². The first-order valence-electron chi connectivity index (χ1n) is 9.97. The van der Waals surface area contributed by atoms with E-state index in [1.165, 1.54) is 0 Å². The van der Waals surface area contributed by atoms with Gasteiger partial charge in [-0.05, 0) is 44.7 Å². The highest BCUT2D eigenvalue weighted by atomic mass is 16.1. The summed E-state index contributed by atoms with van der Waals surface area (Å²) in [7, 11) is 0. The number of imidazole rings is 1. The molecule has 1 aromatic carbocycles. The minimum atomic E-state index is 0.0162. The summed E-state index contributed by atoms with van der Waals surface area (Å²) in [6, 6.07) is 8.05. The molecule has 29 heavy (non-hydrogen) atoms. The number of amides is 1. The number of rotatable bonds is 4. The Kier molecular flexibility index (Phi) is 5.29. The molecule has 150 valence electrons. The summed E-state index contributed by atoms with van der Waals surface area (Å²) in [6.07, 6.45) is 6.85. The number of para-hydroxylation sites is 1. The monoisotopic (exact) mass is 390 g/mol. The van der Waals surface area contributed by atoms with Gasteiger partial charge in [0.1, 0.15) is 23.8 Å². The molecule has 0 unspecified atom stereocenters. The van der Waals surface area contributed by atoms with Gasteiger partial charge in [0.25, 0.3) is 0 Å². The number of hydrogen-bond acceptors (Lipinski definition) is 5. The molecule has 0 spiro atoms. The molecule has 1 aliphatic heterocycles. The van der Waals surface area contributed by atoms with E-state index < -0.39 is 0 Å². The predicted octanol–water partition coefficient (Wildman–Crippen LogP) is 3.44. The highest BCUT2D eigenvalue weighted by molar-refractivity contribution is 5.94. The maximum absolute atomic E-state index is 12.8. The molecule has 7 heteroatoms. The van der Waals surface area contributed by atoms with E-state index in [2.05, 4.69) is 25.2 Å². The Bertz CT molecular complexity index is 999. The van der Waals surface area contributed by atoms with Crippen molar-refractivity contribution in [2.75, 3.05) is 23.3 Å². The van der Waals surface area contributed by atoms with Gasteiger partial charge in [-0.25, -0.2) is 15.0 Å². The van der Waals surface area contributed by atoms with Crippen molar-refractivity contribution in [2.45, 2.75) is 33.6 Å². The summed E-state index contributed by atoms with van der Waals surface area (Å²) in [5.41, 5.74) is 3.13. The van der Waals surface area contributed by atoms with E-state index in [-0.39, 0.29) is 11.8 Å². The van der Waals surface area contributed by atoms with E-state index in [0.29, 0.717) is 0 Å². The number of carbonyl (C=O) groups is 1. The average molecular weight is 390 g/mol. The molecule has 0 atom stereocenters. The summed E-state index contributed by atoms with van der Waals surface area (Å²) >= 11 is 0. The summed E-state index contributed by atoms with van der Waals surface area (Å²) in [6.45, 7) is 7.59. The number of piperidine rings is 1. The fourth-order valence-electron chi connectivity index (χ4n) is 3.87. The molecule has 2 aromatic heterocycles. The zero-order valence-corrected chi connectivity index (χ0v) is 17.1. The third-order valence-electron chi connectivity index (χ3n) is 5.63. The summed E-state index contributed by atoms with van der Waals surface area (Å²) < 4.78 is 1.94. The van der Waals surface area contributed by atoms with Gasteiger partial charge < -0.3 is 10.2 Å². The Morgan fingerprint density at radius 2 is 1.72 bits per heavy atom. The first-order valence-corrected chi connectivity index (χ1v) is 9.97. The SMILES string of the molecule is Cc1cccc(C)c1NC(=O)C1CCN(c2cc(-n3ccnc3C)ncn2)CC1. The maximum Gasteiger partial charge on any atom is 0.227 e. The molecule has 1 saturated heterocycles. The van der Waals surface area contributed by atoms with Crippen molar-refractivity contribution in [1.29, 1.82) is 0 Å². The van der Waals surface area contributed by atoms with Crippen LogP contribution in [0.3, 0.4) is 0 Å². The van der Waals surface area contributed by atoms with Crippen molar-refractivity contribution in [1.82, 2.24) is 19.5 Å². The standard InChI is InChI=1S/C22H26N6O/c1-15-5-4-6-16(2)21(15)26-22(29)18-7-10-27(11-8-18)19-13-20(25-14-24-19)28-12-9-23-17(28)3/h4-6,9,12-14,18H,7-8,10-11H2,1-3H3,(H,26,29). The van der Waals surface area contributed by atoms with Crippen LogP contribution >= 0.6 is 0 Å². The molecule has 7 nitrogen and oxygen atoms in total. The summed E-state index contributed by atoms with van der Waals surface area (Å²) in [5, 5.41) is 3.14. The number of benzene rings is 1. The quantitative estimate of drug-likeness (QED) is 0.738. The second kappa shape index (κ2) is 8.03. The van der Waals surface area contributed by atoms with Crippen LogP contribution in [0, 0.1) is 26.7 Å². The Morgan fingerprint density at radius 1 is 1.03 bits per heavy atom. The predicted molar refractivity (Wildman–Crippen MR) is 113 cm³/mol. The fraction of sp³-hybridized carbons (Fsp3) is 0.364. The van der Waals surface area contributed by atoms with Gasteiger partial charge in [-0.1, -0.05) is 18.2 Å². The van der Waals surface area contributed by atoms with E-state index in [9.17, 15) is 4.79 Å². The van der Waals surface area contributed by atoms with Crippen LogP contribution < -0.4 is 10.2 Å². The smallest absolute Gasteiger partial charge is 0.227 e. The Balaban J connectivity index is 1.41. The number of hydrogen-bond donors (Lipinski definition) is 1. The zero-order valence-electron chi connectivity index (χ0n) is 17.1. The van der Waals surface area contributed by atoms with E-state index in [4.69, 9.17) is 0 Å². The van der Waals surface area contributed by atoms with E-state index in [0.717, 1.165) is 60.2 Å². The van der Waals surface area contributed by atoms with Gasteiger partial charge in [0, 0.05) is 43.2 Å². The molecule has 4 rings (SSSR count). The van der Waals surface area contributed by atoms with Gasteiger partial charge >= 0.3 is 0 Å². The van der Waals surface area contributed by atoms with Crippen molar-refractivity contribution in [3.05, 3.63) is 59.9 Å². The van der Waals surface area contributed by atoms with Crippen molar-refractivity contribution in [2.24, 2.45) is 5.92 Å². The summed E-state index contributed by atoms with van der Waals surface area (Å²) in [5.74, 6) is 2.70. The number of carbonyl (C=O) groups excluding carboxylic acids is 1. The second-order valence-electron chi connectivity index (χ2n) is 7.60. The molecule has 0 bridgehead atoms. The summed E-state index contributed by atoms with van der Waals surface area (Å²) in [4.78, 5) is 28.1. The van der Waals surface area contributed by atoms with Crippen LogP contribution in [0.2, 0.25) is 0 Å². The molecule has 0 aliphatic carbocycles. The molecular formula is C22H26N6O. The van der Waals surface area contributed by atoms with E-state index in [1.807, 2.05) is 55.8 Å². The van der Waals surface area contributed by atoms with Crippen molar-refractivity contribution in [3.63, 3.8) is 0 Å². The topological polar surface area (TPSA) is 75.9 Å². The lowest BCUT2D eigenvalue weighted by atomic mass is 9.95. The van der Waals surface area contributed by atoms with Gasteiger partial charge in [0.2, 0.25) is 5.91 Å². The Morgan fingerprint density at radius 3 is 2.38 bits per heavy atom. The van der Waals surface area contributed by atoms with Gasteiger partial charge in [0.05, 0.1) is 0 Å². The van der Waals surface area contributed by atoms with Gasteiger partial charge in [-0.15, -0.1) is 0 Å². The lowest BCUT2D eigenvalue weighted by Gasteiger charge is -2.32. The molecule has 1 fully saturated rings. The number of aryl methyl sites for hydroxylation is 3. The van der Waals surface area contributed by atoms with Crippen molar-refractivity contribution >= 4 is 17.4 Å². The number of nitrogens with one attached hydrogen (secondary N) is 1. The van der Waals surface area contributed by atoms with Crippen LogP contribution in [0.4, 0.5) is 11.5 Å². The Hall–Kier alpha value is -3.22. The average Bonchev–Trinajstić information content (AvgIpc) is 3.17. The molecule has 0 saturated carbocycles. The van der Waals surface area contributed by atoms with Gasteiger partial charge in [-0.3, -0.25) is 9.36 Å². The molecule has 1 N–H and O–H groups in total. The third kappa shape index (κ3) is 3.99. The van der Waals surface area contributed by atoms with Crippen LogP contribution in [0.5, 0.6) is 0 Å². The van der Waals surface area contributed by atoms with E-state index >= 15 is 0 Å². The molecule has 3 heterocycles. The third-order valence-corrected chi connectivity index (χ3v) is 5.63. The lowest BCUT2D eigenvalue weighted by Crippen LogP contribution is -2.38. The van der Waals surface area contributed by atoms with Crippen LogP contribution in [0.15, 0.2) is 43.0 Å². The number of aromatic nitrogens is 4. The number of nitrogens with zero attached hydrogens (tertiary/aromatic N) is 5. The van der Waals surface area contributed by atoms with Crippen LogP contribution in [-0.2, 0) is 4.79 Å². The molecule has 0 radical (unpaired) electrons. The van der Waals surface area contributed by atoms with Crippen LogP contribution in [0.25, 0.3) is 5.82 Å². The first kappa shape index (κ1) is 19.1. The minimum Gasteiger partial charge on any atom is -0.356 e. The Labute approximate surface area is 170 Å². The van der Waals surface area contributed by atoms with Crippen LogP contribution in [0.1, 0.15) is 29.8 Å². The highest BCUT2D eigenvalue weighted by Gasteiger charge is 2.26. The van der Waals surface area contributed by atoms with Crippen molar-refractivity contribution in [3.8, 4) is 5.82 Å². The van der Waals surface area contributed by atoms with Gasteiger partial charge in [-0.2, -0.15) is 0 Å². The van der Waals surface area contributed by atoms with Crippen molar-refractivity contribution < 1.29 is 4.79 Å². The number of anilines is 2. The molecule has 1 aliphatic rings. The minimum absolute atomic E-state index is 0.0162. The normalized spacial score (nSPS) is 14.8.